The molecule has 0 unspecified atom stereocenters. The van der Waals surface area contributed by atoms with E-state index in [4.69, 9.17) is 0 Å². The van der Waals surface area contributed by atoms with Crippen molar-refractivity contribution in [1.29, 1.82) is 0 Å². The number of hydrogen-bond donors (Lipinski definition) is 1. The summed E-state index contributed by atoms with van der Waals surface area (Å²) in [4.78, 5) is 11.3. The van der Waals surface area contributed by atoms with Crippen LogP contribution in [0.25, 0.3) is 0 Å². The summed E-state index contributed by atoms with van der Waals surface area (Å²) in [5.41, 5.74) is 1.48. The van der Waals surface area contributed by atoms with Crippen molar-refractivity contribution in [2.75, 3.05) is 0 Å². The van der Waals surface area contributed by atoms with Crippen molar-refractivity contribution >= 4 is 5.91 Å². The van der Waals surface area contributed by atoms with E-state index >= 15 is 0 Å². The molecule has 1 N–H and O–H groups in total. The molecule has 0 atom stereocenters. The van der Waals surface area contributed by atoms with E-state index in [0.29, 0.717) is 0 Å². The minimum Gasteiger partial charge on any atom is -0.345 e. The molecule has 0 aromatic heterocycles. The van der Waals surface area contributed by atoms with Crippen LogP contribution >= 0.6 is 0 Å². The van der Waals surface area contributed by atoms with Gasteiger partial charge in [0.05, 0.1) is 6.04 Å². The monoisotopic (exact) mass is 301 g/mol. The van der Waals surface area contributed by atoms with Crippen molar-refractivity contribution in [2.45, 2.75) is 19.9 Å². The molecule has 114 valence electrons. The zero-order valence-corrected chi connectivity index (χ0v) is 12.4. The Morgan fingerprint density at radius 2 is 1.32 bits per heavy atom. The molecule has 0 aliphatic rings. The van der Waals surface area contributed by atoms with E-state index in [1.54, 1.807) is 31.2 Å². The number of carbonyl (C=O) groups excluding carboxylic acids is 1. The molecule has 2 nitrogen and oxygen atoms in total. The molecule has 0 heterocycles. The van der Waals surface area contributed by atoms with Crippen molar-refractivity contribution in [3.63, 3.8) is 0 Å². The van der Waals surface area contributed by atoms with Gasteiger partial charge in [0, 0.05) is 6.92 Å². The van der Waals surface area contributed by atoms with Crippen molar-refractivity contribution in [3.05, 3.63) is 71.3 Å². The maximum atomic E-state index is 12.9. The van der Waals surface area contributed by atoms with E-state index in [1.807, 2.05) is 0 Å². The van der Waals surface area contributed by atoms with Crippen molar-refractivity contribution in [1.82, 2.24) is 5.32 Å². The zero-order chi connectivity index (χ0) is 16.5. The third-order valence-electron chi connectivity index (χ3n) is 2.75. The highest BCUT2D eigenvalue weighted by atomic mass is 19.1. The smallest absolute Gasteiger partial charge is 0.217 e. The normalized spacial score (nSPS) is 9.45. The first kappa shape index (κ1) is 17.4. The maximum absolute atomic E-state index is 12.9. The Bertz CT molecular complexity index is 597. The summed E-state index contributed by atoms with van der Waals surface area (Å²) in [6, 6.07) is 11.3. The van der Waals surface area contributed by atoms with Crippen molar-refractivity contribution in [3.8, 4) is 12.3 Å². The molecule has 0 spiro atoms. The SMILES string of the molecule is C#CC.CC(=O)NC(c1ccc(F)cc1)c1ccc(F)cc1. The van der Waals surface area contributed by atoms with E-state index in [-0.39, 0.29) is 17.5 Å². The molecule has 2 aromatic carbocycles. The second-order valence-corrected chi connectivity index (χ2v) is 4.53. The Kier molecular flexibility index (Phi) is 6.78. The van der Waals surface area contributed by atoms with Gasteiger partial charge in [-0.05, 0) is 42.3 Å². The molecule has 2 rings (SSSR count). The highest BCUT2D eigenvalue weighted by molar-refractivity contribution is 5.74. The molecular weight excluding hydrogens is 284 g/mol. The quantitative estimate of drug-likeness (QED) is 0.858. The van der Waals surface area contributed by atoms with Gasteiger partial charge in [0.2, 0.25) is 5.91 Å². The third-order valence-corrected chi connectivity index (χ3v) is 2.75. The first-order chi connectivity index (χ1) is 10.5. The standard InChI is InChI=1S/C15H13F2NO.C3H4/c1-10(19)18-15(11-2-6-13(16)7-3-11)12-4-8-14(17)9-5-12;1-3-2/h2-9,15H,1H3,(H,18,19);1H,2H3. The first-order valence-electron chi connectivity index (χ1n) is 6.63. The van der Waals surface area contributed by atoms with Crippen molar-refractivity contribution in [2.24, 2.45) is 0 Å². The molecular formula is C18H17F2NO. The Labute approximate surface area is 129 Å². The molecule has 0 saturated carbocycles. The van der Waals surface area contributed by atoms with Crippen LogP contribution in [0.4, 0.5) is 8.78 Å². The molecule has 1 amide bonds. The van der Waals surface area contributed by atoms with Crippen LogP contribution in [-0.2, 0) is 4.79 Å². The molecule has 2 aromatic rings. The van der Waals surface area contributed by atoms with Crippen LogP contribution in [0.1, 0.15) is 31.0 Å². The van der Waals surface area contributed by atoms with Crippen LogP contribution in [0.5, 0.6) is 0 Å². The number of benzene rings is 2. The minimum atomic E-state index is -0.418. The Hall–Kier alpha value is -2.67. The highest BCUT2D eigenvalue weighted by Crippen LogP contribution is 2.22. The van der Waals surface area contributed by atoms with Gasteiger partial charge in [0.25, 0.3) is 0 Å². The van der Waals surface area contributed by atoms with E-state index in [9.17, 15) is 13.6 Å². The minimum absolute atomic E-state index is 0.210. The van der Waals surface area contributed by atoms with Crippen LogP contribution in [0.3, 0.4) is 0 Å². The summed E-state index contributed by atoms with van der Waals surface area (Å²) < 4.78 is 25.9. The number of amides is 1. The van der Waals surface area contributed by atoms with Gasteiger partial charge in [-0.3, -0.25) is 4.79 Å². The van der Waals surface area contributed by atoms with E-state index in [0.717, 1.165) is 11.1 Å². The second kappa shape index (κ2) is 8.58. The average molecular weight is 301 g/mol. The van der Waals surface area contributed by atoms with Crippen LogP contribution in [0, 0.1) is 24.0 Å². The Morgan fingerprint density at radius 1 is 1.00 bits per heavy atom. The van der Waals surface area contributed by atoms with Crippen LogP contribution in [-0.4, -0.2) is 5.91 Å². The summed E-state index contributed by atoms with van der Waals surface area (Å²) >= 11 is 0. The van der Waals surface area contributed by atoms with Crippen LogP contribution in [0.2, 0.25) is 0 Å². The van der Waals surface area contributed by atoms with Gasteiger partial charge < -0.3 is 5.32 Å². The second-order valence-electron chi connectivity index (χ2n) is 4.53. The summed E-state index contributed by atoms with van der Waals surface area (Å²) in [6.07, 6.45) is 4.60. The first-order valence-corrected chi connectivity index (χ1v) is 6.63. The molecule has 0 saturated heterocycles. The Morgan fingerprint density at radius 3 is 1.59 bits per heavy atom. The fourth-order valence-electron chi connectivity index (χ4n) is 1.87. The van der Waals surface area contributed by atoms with E-state index in [2.05, 4.69) is 17.7 Å². The summed E-state index contributed by atoms with van der Waals surface area (Å²) in [5, 5.41) is 2.77. The number of rotatable bonds is 3. The summed E-state index contributed by atoms with van der Waals surface area (Å²) in [5.74, 6) is 1.35. The predicted octanol–water partition coefficient (Wildman–Crippen LogP) is 3.83. The van der Waals surface area contributed by atoms with Gasteiger partial charge in [-0.2, -0.15) is 0 Å². The number of terminal acetylenes is 1. The fourth-order valence-corrected chi connectivity index (χ4v) is 1.87. The molecule has 0 bridgehead atoms. The fraction of sp³-hybridized carbons (Fsp3) is 0.167. The highest BCUT2D eigenvalue weighted by Gasteiger charge is 2.15. The third kappa shape index (κ3) is 5.37. The molecule has 0 aliphatic carbocycles. The van der Waals surface area contributed by atoms with Gasteiger partial charge in [0.1, 0.15) is 11.6 Å². The number of nitrogens with one attached hydrogen (secondary N) is 1. The van der Waals surface area contributed by atoms with Crippen LogP contribution < -0.4 is 5.32 Å². The molecule has 0 aliphatic heterocycles. The number of hydrogen-bond acceptors (Lipinski definition) is 1. The summed E-state index contributed by atoms with van der Waals surface area (Å²) in [7, 11) is 0. The zero-order valence-electron chi connectivity index (χ0n) is 12.4. The molecule has 4 heteroatoms. The lowest BCUT2D eigenvalue weighted by molar-refractivity contribution is -0.119. The molecule has 0 radical (unpaired) electrons. The van der Waals surface area contributed by atoms with Crippen LogP contribution in [0.15, 0.2) is 48.5 Å². The lowest BCUT2D eigenvalue weighted by atomic mass is 9.98. The van der Waals surface area contributed by atoms with E-state index in [1.165, 1.54) is 31.2 Å². The maximum Gasteiger partial charge on any atom is 0.217 e. The topological polar surface area (TPSA) is 29.1 Å². The molecule has 0 fully saturated rings. The Balaban J connectivity index is 0.000000745. The van der Waals surface area contributed by atoms with Gasteiger partial charge in [0.15, 0.2) is 0 Å². The van der Waals surface area contributed by atoms with E-state index < -0.39 is 6.04 Å². The van der Waals surface area contributed by atoms with Crippen molar-refractivity contribution < 1.29 is 13.6 Å². The number of carbonyl (C=O) groups is 1. The summed E-state index contributed by atoms with van der Waals surface area (Å²) in [6.45, 7) is 3.06. The lowest BCUT2D eigenvalue weighted by Gasteiger charge is -2.19. The van der Waals surface area contributed by atoms with Gasteiger partial charge in [-0.1, -0.05) is 24.3 Å². The predicted molar refractivity (Wildman–Crippen MR) is 83.0 cm³/mol. The number of halogens is 2. The van der Waals surface area contributed by atoms with Gasteiger partial charge in [-0.25, -0.2) is 8.78 Å². The molecule has 22 heavy (non-hydrogen) atoms. The van der Waals surface area contributed by atoms with Gasteiger partial charge >= 0.3 is 0 Å². The largest absolute Gasteiger partial charge is 0.345 e. The van der Waals surface area contributed by atoms with Gasteiger partial charge in [-0.15, -0.1) is 12.3 Å². The lowest BCUT2D eigenvalue weighted by Crippen LogP contribution is -2.26. The average Bonchev–Trinajstić information content (AvgIpc) is 2.47.